The van der Waals surface area contributed by atoms with Gasteiger partial charge in [-0.05, 0) is 24.3 Å². The van der Waals surface area contributed by atoms with Crippen molar-refractivity contribution < 1.29 is 21.6 Å². The fourth-order valence-corrected chi connectivity index (χ4v) is 1.31. The number of alkyl halides is 2. The van der Waals surface area contributed by atoms with Gasteiger partial charge in [0.1, 0.15) is 5.82 Å². The number of halogens is 3. The molecule has 0 N–H and O–H groups in total. The van der Waals surface area contributed by atoms with Crippen molar-refractivity contribution in [2.45, 2.75) is 4.90 Å². The summed E-state index contributed by atoms with van der Waals surface area (Å²) in [7, 11) is -3.19. The number of hydrogen-bond donors (Lipinski definition) is 0. The average molecular weight is 226 g/mol. The van der Waals surface area contributed by atoms with E-state index >= 15 is 0 Å². The molecule has 0 unspecified atom stereocenters. The highest BCUT2D eigenvalue weighted by molar-refractivity contribution is 7.90. The lowest BCUT2D eigenvalue weighted by atomic mass is 10.4. The Balaban J connectivity index is 0.000000500. The Kier molecular flexibility index (Phi) is 5.22. The van der Waals surface area contributed by atoms with Crippen molar-refractivity contribution in [1.29, 1.82) is 0 Å². The Hall–Kier alpha value is -1.04. The van der Waals surface area contributed by atoms with Crippen molar-refractivity contribution in [2.24, 2.45) is 0 Å². The zero-order valence-electron chi connectivity index (χ0n) is 7.38. The van der Waals surface area contributed by atoms with Gasteiger partial charge in [-0.15, -0.1) is 0 Å². The monoisotopic (exact) mass is 226 g/mol. The molecule has 1 aromatic carbocycles. The third-order valence-electron chi connectivity index (χ3n) is 1.24. The van der Waals surface area contributed by atoms with Gasteiger partial charge in [0.15, 0.2) is 9.84 Å². The highest BCUT2D eigenvalue weighted by Crippen LogP contribution is 2.08. The van der Waals surface area contributed by atoms with Crippen molar-refractivity contribution in [1.82, 2.24) is 0 Å². The molecule has 2 nitrogen and oxygen atoms in total. The van der Waals surface area contributed by atoms with Gasteiger partial charge in [-0.2, -0.15) is 0 Å². The molecular formula is C8H9F3O2S. The number of sulfone groups is 1. The minimum absolute atomic E-state index is 0.138. The van der Waals surface area contributed by atoms with Crippen molar-refractivity contribution in [2.75, 3.05) is 13.2 Å². The summed E-state index contributed by atoms with van der Waals surface area (Å²) in [5.41, 5.74) is 0. The average Bonchev–Trinajstić information content (AvgIpc) is 2.04. The highest BCUT2D eigenvalue weighted by Gasteiger charge is 2.04. The van der Waals surface area contributed by atoms with Crippen molar-refractivity contribution in [3.8, 4) is 0 Å². The first-order valence-electron chi connectivity index (χ1n) is 3.49. The third kappa shape index (κ3) is 4.86. The predicted octanol–water partition coefficient (Wildman–Crippen LogP) is 2.11. The number of rotatable bonds is 1. The molecule has 0 saturated heterocycles. The second-order valence-corrected chi connectivity index (χ2v) is 4.34. The van der Waals surface area contributed by atoms with Crippen molar-refractivity contribution >= 4 is 9.84 Å². The third-order valence-corrected chi connectivity index (χ3v) is 2.37. The maximum Gasteiger partial charge on any atom is 0.229 e. The SMILES string of the molecule is CS(=O)(=O)c1ccc(F)cc1.FCF. The fourth-order valence-electron chi connectivity index (χ4n) is 0.682. The first kappa shape index (κ1) is 13.0. The highest BCUT2D eigenvalue weighted by atomic mass is 32.2. The minimum Gasteiger partial charge on any atom is -0.224 e. The molecule has 0 radical (unpaired) electrons. The first-order valence-corrected chi connectivity index (χ1v) is 5.38. The van der Waals surface area contributed by atoms with Crippen LogP contribution in [0.15, 0.2) is 29.2 Å². The lowest BCUT2D eigenvalue weighted by molar-refractivity contribution is 0.295. The molecule has 0 aliphatic carbocycles. The van der Waals surface area contributed by atoms with Crippen LogP contribution >= 0.6 is 0 Å². The number of benzene rings is 1. The molecular weight excluding hydrogens is 217 g/mol. The van der Waals surface area contributed by atoms with Crippen molar-refractivity contribution in [3.05, 3.63) is 30.1 Å². The standard InChI is InChI=1S/C7H7FO2S.CH2F2/c1-11(9,10)7-4-2-6(8)3-5-7;2-1-3/h2-5H,1H3;1H2. The van der Waals surface area contributed by atoms with Gasteiger partial charge in [-0.1, -0.05) is 0 Å². The Labute approximate surface area is 80.3 Å². The molecule has 0 aromatic heterocycles. The normalized spacial score (nSPS) is 10.3. The van der Waals surface area contributed by atoms with E-state index in [-0.39, 0.29) is 4.90 Å². The molecule has 1 aromatic rings. The number of hydrogen-bond acceptors (Lipinski definition) is 2. The molecule has 0 fully saturated rings. The predicted molar refractivity (Wildman–Crippen MR) is 46.6 cm³/mol. The molecule has 0 aliphatic rings. The Morgan fingerprint density at radius 3 is 1.79 bits per heavy atom. The quantitative estimate of drug-likeness (QED) is 0.687. The second kappa shape index (κ2) is 5.64. The van der Waals surface area contributed by atoms with Crippen LogP contribution in [0.3, 0.4) is 0 Å². The molecule has 0 saturated carbocycles. The van der Waals surface area contributed by atoms with Crippen LogP contribution in [0.4, 0.5) is 13.2 Å². The molecule has 0 aliphatic heterocycles. The summed E-state index contributed by atoms with van der Waals surface area (Å²) in [5.74, 6) is -0.433. The maximum atomic E-state index is 12.3. The van der Waals surface area contributed by atoms with E-state index in [9.17, 15) is 21.6 Å². The molecule has 0 spiro atoms. The topological polar surface area (TPSA) is 34.1 Å². The Bertz CT molecular complexity index is 359. The van der Waals surface area contributed by atoms with Gasteiger partial charge < -0.3 is 0 Å². The van der Waals surface area contributed by atoms with Crippen LogP contribution in [0.25, 0.3) is 0 Å². The summed E-state index contributed by atoms with van der Waals surface area (Å²) in [6, 6.07) is 4.72. The van der Waals surface area contributed by atoms with Gasteiger partial charge in [0.25, 0.3) is 0 Å². The summed E-state index contributed by atoms with van der Waals surface area (Å²) in [6.07, 6.45) is 1.08. The van der Waals surface area contributed by atoms with Gasteiger partial charge in [-0.25, -0.2) is 21.6 Å². The molecule has 0 amide bonds. The summed E-state index contributed by atoms with van der Waals surface area (Å²) in [5, 5.41) is 0. The van der Waals surface area contributed by atoms with E-state index in [1.165, 1.54) is 12.1 Å². The van der Waals surface area contributed by atoms with Gasteiger partial charge in [0, 0.05) is 6.26 Å². The van der Waals surface area contributed by atoms with Crippen LogP contribution in [-0.2, 0) is 9.84 Å². The van der Waals surface area contributed by atoms with Crippen LogP contribution < -0.4 is 0 Å². The molecule has 0 heterocycles. The molecule has 6 heteroatoms. The van der Waals surface area contributed by atoms with Crippen LogP contribution in [0, 0.1) is 5.82 Å². The van der Waals surface area contributed by atoms with E-state index in [4.69, 9.17) is 0 Å². The summed E-state index contributed by atoms with van der Waals surface area (Å²) in [6.45, 7) is -1.75. The summed E-state index contributed by atoms with van der Waals surface area (Å²) >= 11 is 0. The van der Waals surface area contributed by atoms with Crippen LogP contribution in [0.5, 0.6) is 0 Å². The van der Waals surface area contributed by atoms with Crippen LogP contribution in [-0.4, -0.2) is 21.6 Å². The van der Waals surface area contributed by atoms with E-state index in [1.807, 2.05) is 0 Å². The molecule has 14 heavy (non-hydrogen) atoms. The smallest absolute Gasteiger partial charge is 0.224 e. The van der Waals surface area contributed by atoms with E-state index in [2.05, 4.69) is 0 Å². The van der Waals surface area contributed by atoms with Crippen molar-refractivity contribution in [3.63, 3.8) is 0 Å². The minimum atomic E-state index is -3.19. The van der Waals surface area contributed by atoms with Crippen LogP contribution in [0.1, 0.15) is 0 Å². The van der Waals surface area contributed by atoms with Gasteiger partial charge in [0.05, 0.1) is 4.90 Å². The fraction of sp³-hybridized carbons (Fsp3) is 0.250. The van der Waals surface area contributed by atoms with Gasteiger partial charge in [-0.3, -0.25) is 0 Å². The van der Waals surface area contributed by atoms with E-state index in [0.29, 0.717) is 0 Å². The molecule has 80 valence electrons. The Morgan fingerprint density at radius 2 is 1.50 bits per heavy atom. The molecule has 0 bridgehead atoms. The van der Waals surface area contributed by atoms with E-state index < -0.39 is 22.6 Å². The lowest BCUT2D eigenvalue weighted by Gasteiger charge is -1.95. The van der Waals surface area contributed by atoms with Gasteiger partial charge >= 0.3 is 0 Å². The van der Waals surface area contributed by atoms with Gasteiger partial charge in [0.2, 0.25) is 6.93 Å². The molecule has 0 atom stereocenters. The van der Waals surface area contributed by atoms with Crippen LogP contribution in [0.2, 0.25) is 0 Å². The maximum absolute atomic E-state index is 12.3. The summed E-state index contributed by atoms with van der Waals surface area (Å²) in [4.78, 5) is 0.138. The largest absolute Gasteiger partial charge is 0.229 e. The first-order chi connectivity index (χ1) is 6.41. The summed E-state index contributed by atoms with van der Waals surface area (Å²) < 4.78 is 53.2. The van der Waals surface area contributed by atoms with E-state index in [1.54, 1.807) is 0 Å². The second-order valence-electron chi connectivity index (χ2n) is 2.33. The zero-order chi connectivity index (χ0) is 11.2. The lowest BCUT2D eigenvalue weighted by Crippen LogP contribution is -1.96. The zero-order valence-corrected chi connectivity index (χ0v) is 8.19. The Morgan fingerprint density at radius 1 is 1.14 bits per heavy atom. The van der Waals surface area contributed by atoms with E-state index in [0.717, 1.165) is 18.4 Å². The molecule has 1 rings (SSSR count).